The van der Waals surface area contributed by atoms with E-state index in [1.807, 2.05) is 5.32 Å². The number of nitro benzene ring substituents is 2. The van der Waals surface area contributed by atoms with Gasteiger partial charge in [-0.2, -0.15) is 26.3 Å². The lowest BCUT2D eigenvalue weighted by atomic mass is 10.1. The lowest BCUT2D eigenvalue weighted by molar-refractivity contribution is -0.392. The van der Waals surface area contributed by atoms with E-state index in [0.29, 0.717) is 6.07 Å². The maximum absolute atomic E-state index is 13.0. The van der Waals surface area contributed by atoms with Crippen molar-refractivity contribution in [1.29, 1.82) is 0 Å². The maximum Gasteiger partial charge on any atom is 0.419 e. The van der Waals surface area contributed by atoms with Crippen LogP contribution in [-0.2, 0) is 12.4 Å². The molecule has 29 heavy (non-hydrogen) atoms. The molecule has 0 saturated carbocycles. The van der Waals surface area contributed by atoms with Crippen LogP contribution in [-0.4, -0.2) is 14.8 Å². The summed E-state index contributed by atoms with van der Waals surface area (Å²) in [4.78, 5) is 22.9. The normalized spacial score (nSPS) is 12.0. The van der Waals surface area contributed by atoms with E-state index in [1.54, 1.807) is 0 Å². The predicted molar refractivity (Wildman–Crippen MR) is 87.3 cm³/mol. The van der Waals surface area contributed by atoms with Gasteiger partial charge < -0.3 is 5.32 Å². The van der Waals surface area contributed by atoms with Crippen LogP contribution in [0.4, 0.5) is 49.2 Å². The van der Waals surface area contributed by atoms with E-state index in [2.05, 4.69) is 4.98 Å². The SMILES string of the molecule is O=[N+]([O-])c1cc(C(F)(F)F)c(Cl)c([N+](=O)[O-])c1Nc1cc(Cl)c(C(F)(F)F)cn1. The fraction of sp³-hybridized carbons (Fsp3) is 0.154. The summed E-state index contributed by atoms with van der Waals surface area (Å²) < 4.78 is 77.2. The molecule has 0 amide bonds. The molecule has 16 heteroatoms. The van der Waals surface area contributed by atoms with Gasteiger partial charge in [-0.1, -0.05) is 23.2 Å². The zero-order valence-corrected chi connectivity index (χ0v) is 14.7. The van der Waals surface area contributed by atoms with Crippen molar-refractivity contribution in [2.75, 3.05) is 5.32 Å². The van der Waals surface area contributed by atoms with E-state index in [4.69, 9.17) is 23.2 Å². The van der Waals surface area contributed by atoms with Gasteiger partial charge in [0.15, 0.2) is 5.69 Å². The van der Waals surface area contributed by atoms with Crippen LogP contribution in [0.5, 0.6) is 0 Å². The number of nitro groups is 2. The Kier molecular flexibility index (Phi) is 5.81. The average molecular weight is 465 g/mol. The van der Waals surface area contributed by atoms with E-state index in [1.165, 1.54) is 0 Å². The van der Waals surface area contributed by atoms with Crippen molar-refractivity contribution in [3.05, 3.63) is 59.7 Å². The van der Waals surface area contributed by atoms with Gasteiger partial charge in [-0.15, -0.1) is 0 Å². The second-order valence-corrected chi connectivity index (χ2v) is 5.95. The van der Waals surface area contributed by atoms with Gasteiger partial charge in [-0.3, -0.25) is 20.2 Å². The molecule has 0 aliphatic rings. The Morgan fingerprint density at radius 3 is 1.90 bits per heavy atom. The summed E-state index contributed by atoms with van der Waals surface area (Å²) in [7, 11) is 0. The van der Waals surface area contributed by atoms with E-state index < -0.39 is 66.3 Å². The molecule has 0 aliphatic heterocycles. The van der Waals surface area contributed by atoms with Crippen molar-refractivity contribution in [2.45, 2.75) is 12.4 Å². The quantitative estimate of drug-likeness (QED) is 0.338. The number of alkyl halides is 6. The van der Waals surface area contributed by atoms with Crippen LogP contribution >= 0.6 is 23.2 Å². The lowest BCUT2D eigenvalue weighted by Gasteiger charge is -2.14. The number of nitrogens with zero attached hydrogens (tertiary/aromatic N) is 3. The molecule has 0 bridgehead atoms. The Balaban J connectivity index is 2.72. The largest absolute Gasteiger partial charge is 0.419 e. The van der Waals surface area contributed by atoms with Crippen molar-refractivity contribution in [2.24, 2.45) is 0 Å². The van der Waals surface area contributed by atoms with Crippen LogP contribution in [0.15, 0.2) is 18.3 Å². The highest BCUT2D eigenvalue weighted by molar-refractivity contribution is 6.34. The highest BCUT2D eigenvalue weighted by Crippen LogP contribution is 2.48. The molecule has 156 valence electrons. The van der Waals surface area contributed by atoms with Crippen LogP contribution in [0.25, 0.3) is 0 Å². The van der Waals surface area contributed by atoms with Crippen molar-refractivity contribution in [1.82, 2.24) is 4.98 Å². The molecule has 0 aliphatic carbocycles. The summed E-state index contributed by atoms with van der Waals surface area (Å²) in [6, 6.07) is 0.479. The smallest absolute Gasteiger partial charge is 0.329 e. The molecule has 1 N–H and O–H groups in total. The molecule has 0 saturated heterocycles. The first-order valence-electron chi connectivity index (χ1n) is 6.86. The van der Waals surface area contributed by atoms with Gasteiger partial charge in [0, 0.05) is 18.3 Å². The summed E-state index contributed by atoms with van der Waals surface area (Å²) >= 11 is 10.9. The van der Waals surface area contributed by atoms with Crippen molar-refractivity contribution in [3.8, 4) is 0 Å². The Hall–Kier alpha value is -2.87. The van der Waals surface area contributed by atoms with Crippen molar-refractivity contribution >= 4 is 46.1 Å². The summed E-state index contributed by atoms with van der Waals surface area (Å²) in [5, 5.41) is 22.0. The number of aromatic nitrogens is 1. The number of benzene rings is 1. The first kappa shape index (κ1) is 22.4. The van der Waals surface area contributed by atoms with Crippen LogP contribution in [0.2, 0.25) is 10.0 Å². The molecule has 1 aromatic carbocycles. The standard InChI is InChI=1S/C13H4Cl2F6N4O4/c14-6-2-8(22-3-5(6)13(19,20)21)23-10-7(24(26)27)1-4(12(16,17)18)9(15)11(10)25(28)29/h1-3H,(H,22,23). The van der Waals surface area contributed by atoms with E-state index in [-0.39, 0.29) is 12.3 Å². The van der Waals surface area contributed by atoms with Gasteiger partial charge in [-0.05, 0) is 0 Å². The number of hydrogen-bond acceptors (Lipinski definition) is 6. The molecule has 0 radical (unpaired) electrons. The molecular formula is C13H4Cl2F6N4O4. The fourth-order valence-electron chi connectivity index (χ4n) is 2.11. The Morgan fingerprint density at radius 1 is 0.931 bits per heavy atom. The fourth-order valence-corrected chi connectivity index (χ4v) is 2.70. The summed E-state index contributed by atoms with van der Waals surface area (Å²) in [5.74, 6) is -0.648. The topological polar surface area (TPSA) is 111 Å². The van der Waals surface area contributed by atoms with E-state index in [9.17, 15) is 46.6 Å². The third-order valence-electron chi connectivity index (χ3n) is 3.31. The predicted octanol–water partition coefficient (Wildman–Crippen LogP) is 5.99. The summed E-state index contributed by atoms with van der Waals surface area (Å²) in [5.41, 5.74) is -7.28. The lowest BCUT2D eigenvalue weighted by Crippen LogP contribution is -2.11. The molecule has 2 aromatic rings. The Labute approximate surface area is 165 Å². The summed E-state index contributed by atoms with van der Waals surface area (Å²) in [6.45, 7) is 0. The minimum absolute atomic E-state index is 0.0522. The van der Waals surface area contributed by atoms with Gasteiger partial charge in [0.2, 0.25) is 0 Å². The first-order valence-corrected chi connectivity index (χ1v) is 7.62. The van der Waals surface area contributed by atoms with Gasteiger partial charge >= 0.3 is 23.7 Å². The third kappa shape index (κ3) is 4.59. The van der Waals surface area contributed by atoms with Crippen LogP contribution in [0, 0.1) is 20.2 Å². The van der Waals surface area contributed by atoms with Crippen molar-refractivity contribution < 1.29 is 36.2 Å². The molecule has 1 aromatic heterocycles. The van der Waals surface area contributed by atoms with Gasteiger partial charge in [0.05, 0.1) is 26.0 Å². The average Bonchev–Trinajstić information content (AvgIpc) is 2.51. The Bertz CT molecular complexity index is 1010. The van der Waals surface area contributed by atoms with Gasteiger partial charge in [0.25, 0.3) is 0 Å². The molecule has 0 fully saturated rings. The monoisotopic (exact) mass is 464 g/mol. The van der Waals surface area contributed by atoms with Crippen LogP contribution < -0.4 is 5.32 Å². The second-order valence-electron chi connectivity index (χ2n) is 5.16. The molecule has 1 heterocycles. The minimum Gasteiger partial charge on any atom is -0.329 e. The molecule has 2 rings (SSSR count). The Morgan fingerprint density at radius 2 is 1.48 bits per heavy atom. The number of anilines is 2. The van der Waals surface area contributed by atoms with E-state index in [0.717, 1.165) is 0 Å². The minimum atomic E-state index is -5.26. The van der Waals surface area contributed by atoms with E-state index >= 15 is 0 Å². The highest BCUT2D eigenvalue weighted by Gasteiger charge is 2.42. The number of hydrogen-bond donors (Lipinski definition) is 1. The number of halogens is 8. The molecule has 8 nitrogen and oxygen atoms in total. The van der Waals surface area contributed by atoms with Crippen LogP contribution in [0.3, 0.4) is 0 Å². The summed E-state index contributed by atoms with van der Waals surface area (Å²) in [6.07, 6.45) is -9.92. The highest BCUT2D eigenvalue weighted by atomic mass is 35.5. The number of rotatable bonds is 4. The zero-order valence-electron chi connectivity index (χ0n) is 13.2. The van der Waals surface area contributed by atoms with Gasteiger partial charge in [0.1, 0.15) is 10.8 Å². The zero-order chi connectivity index (χ0) is 22.3. The first-order chi connectivity index (χ1) is 13.1. The third-order valence-corrected chi connectivity index (χ3v) is 4.01. The van der Waals surface area contributed by atoms with Crippen molar-refractivity contribution in [3.63, 3.8) is 0 Å². The second kappa shape index (κ2) is 7.51. The molecule has 0 spiro atoms. The maximum atomic E-state index is 13.0. The number of nitrogens with one attached hydrogen (secondary N) is 1. The van der Waals surface area contributed by atoms with Gasteiger partial charge in [-0.25, -0.2) is 4.98 Å². The van der Waals surface area contributed by atoms with Crippen LogP contribution in [0.1, 0.15) is 11.1 Å². The molecular weight excluding hydrogens is 461 g/mol. The number of pyridine rings is 1. The molecule has 0 unspecified atom stereocenters. The molecule has 0 atom stereocenters.